The van der Waals surface area contributed by atoms with Crippen LogP contribution in [0.3, 0.4) is 0 Å². The van der Waals surface area contributed by atoms with Crippen LogP contribution in [0.1, 0.15) is 19.9 Å². The Balaban J connectivity index is 1.72. The lowest BCUT2D eigenvalue weighted by molar-refractivity contribution is -0.117. The van der Waals surface area contributed by atoms with E-state index in [1.807, 2.05) is 22.7 Å². The third-order valence-electron chi connectivity index (χ3n) is 5.30. The highest BCUT2D eigenvalue weighted by atomic mass is 16.5. The Hall–Kier alpha value is -3.47. The number of ether oxygens (including phenoxy) is 1. The Morgan fingerprint density at radius 1 is 1.35 bits per heavy atom. The van der Waals surface area contributed by atoms with Crippen molar-refractivity contribution in [2.75, 3.05) is 30.4 Å². The van der Waals surface area contributed by atoms with Crippen molar-refractivity contribution in [2.24, 2.45) is 7.05 Å². The summed E-state index contributed by atoms with van der Waals surface area (Å²) in [5, 5.41) is 10.4. The van der Waals surface area contributed by atoms with Crippen LogP contribution in [0.5, 0.6) is 0 Å². The van der Waals surface area contributed by atoms with Gasteiger partial charge in [0.05, 0.1) is 30.4 Å². The number of hydrogen-bond acceptors (Lipinski definition) is 8. The van der Waals surface area contributed by atoms with E-state index >= 15 is 0 Å². The van der Waals surface area contributed by atoms with Gasteiger partial charge in [-0.3, -0.25) is 9.48 Å². The zero-order valence-electron chi connectivity index (χ0n) is 18.1. The molecule has 0 aromatic carbocycles. The number of anilines is 3. The van der Waals surface area contributed by atoms with Gasteiger partial charge in [-0.2, -0.15) is 15.1 Å². The number of aromatic nitrogens is 6. The molecule has 0 unspecified atom stereocenters. The fourth-order valence-electron chi connectivity index (χ4n) is 3.69. The maximum Gasteiger partial charge on any atom is 0.243 e. The molecule has 0 bridgehead atoms. The number of carbonyl (C=O) groups excluding carboxylic acids is 1. The van der Waals surface area contributed by atoms with Gasteiger partial charge >= 0.3 is 0 Å². The molecule has 1 fully saturated rings. The van der Waals surface area contributed by atoms with Crippen molar-refractivity contribution in [2.45, 2.75) is 32.0 Å². The number of fused-ring (bicyclic) bond motifs is 1. The van der Waals surface area contributed by atoms with Crippen LogP contribution in [-0.2, 0) is 16.6 Å². The number of aryl methyl sites for hydroxylation is 1. The van der Waals surface area contributed by atoms with Crippen molar-refractivity contribution in [1.82, 2.24) is 34.6 Å². The van der Waals surface area contributed by atoms with Crippen LogP contribution < -0.4 is 15.5 Å². The molecule has 1 aliphatic heterocycles. The lowest BCUT2D eigenvalue weighted by atomic mass is 10.2. The number of carbonyl (C=O) groups is 1. The summed E-state index contributed by atoms with van der Waals surface area (Å²) in [5.41, 5.74) is 2.22. The van der Waals surface area contributed by atoms with E-state index in [2.05, 4.69) is 41.1 Å². The van der Waals surface area contributed by atoms with E-state index in [1.165, 1.54) is 6.08 Å². The molecule has 4 rings (SSSR count). The standard InChI is InChI=1S/C20H27N9O2/c1-6-16(30)24-14-9-28(10-15(14)31-5)20-25-18(23-13-7-22-27(4)8-13)17-19(26-20)29(11-21-17)12(2)3/h6-8,11-12,14-15H,1,9-10H2,2-5H3,(H,24,30)(H,23,25,26)/t14-,15-/m1/s1. The highest BCUT2D eigenvalue weighted by Crippen LogP contribution is 2.28. The molecule has 2 atom stereocenters. The van der Waals surface area contributed by atoms with Gasteiger partial charge in [0.15, 0.2) is 17.0 Å². The summed E-state index contributed by atoms with van der Waals surface area (Å²) in [4.78, 5) is 28.0. The third-order valence-corrected chi connectivity index (χ3v) is 5.30. The highest BCUT2D eigenvalue weighted by Gasteiger charge is 2.35. The Labute approximate surface area is 180 Å². The minimum Gasteiger partial charge on any atom is -0.377 e. The summed E-state index contributed by atoms with van der Waals surface area (Å²) < 4.78 is 9.32. The van der Waals surface area contributed by atoms with Gasteiger partial charge in [0.25, 0.3) is 0 Å². The SMILES string of the molecule is C=CC(=O)N[C@@H]1CN(c2nc(Nc3cnn(C)c3)c3ncn(C(C)C)c3n2)C[C@H]1OC. The molecule has 1 amide bonds. The fraction of sp³-hybridized carbons (Fsp3) is 0.450. The first-order valence-corrected chi connectivity index (χ1v) is 10.1. The smallest absolute Gasteiger partial charge is 0.243 e. The predicted molar refractivity (Wildman–Crippen MR) is 117 cm³/mol. The van der Waals surface area contributed by atoms with Crippen LogP contribution in [0.4, 0.5) is 17.5 Å². The molecule has 0 saturated carbocycles. The van der Waals surface area contributed by atoms with E-state index in [0.29, 0.717) is 30.4 Å². The Bertz CT molecular complexity index is 1100. The molecule has 3 aromatic heterocycles. The van der Waals surface area contributed by atoms with Crippen molar-refractivity contribution < 1.29 is 9.53 Å². The van der Waals surface area contributed by atoms with Gasteiger partial charge in [-0.15, -0.1) is 0 Å². The topological polar surface area (TPSA) is 115 Å². The number of methoxy groups -OCH3 is 1. The summed E-state index contributed by atoms with van der Waals surface area (Å²) >= 11 is 0. The average molecular weight is 425 g/mol. The lowest BCUT2D eigenvalue weighted by Gasteiger charge is -2.18. The van der Waals surface area contributed by atoms with Crippen LogP contribution in [0.2, 0.25) is 0 Å². The van der Waals surface area contributed by atoms with E-state index in [4.69, 9.17) is 14.7 Å². The fourth-order valence-corrected chi connectivity index (χ4v) is 3.69. The second kappa shape index (κ2) is 8.34. The molecule has 4 heterocycles. The van der Waals surface area contributed by atoms with E-state index in [1.54, 1.807) is 24.3 Å². The summed E-state index contributed by atoms with van der Waals surface area (Å²) in [5.74, 6) is 0.903. The van der Waals surface area contributed by atoms with Crippen molar-refractivity contribution in [3.05, 3.63) is 31.4 Å². The largest absolute Gasteiger partial charge is 0.377 e. The van der Waals surface area contributed by atoms with E-state index < -0.39 is 0 Å². The van der Waals surface area contributed by atoms with Gasteiger partial charge in [-0.1, -0.05) is 6.58 Å². The molecule has 0 spiro atoms. The molecule has 0 aliphatic carbocycles. The summed E-state index contributed by atoms with van der Waals surface area (Å²) in [6.07, 6.45) is 6.44. The Morgan fingerprint density at radius 2 is 2.16 bits per heavy atom. The van der Waals surface area contributed by atoms with Gasteiger partial charge in [0, 0.05) is 39.5 Å². The summed E-state index contributed by atoms with van der Waals surface area (Å²) in [7, 11) is 3.49. The van der Waals surface area contributed by atoms with Gasteiger partial charge in [-0.25, -0.2) is 4.98 Å². The Morgan fingerprint density at radius 3 is 2.81 bits per heavy atom. The number of rotatable bonds is 7. The highest BCUT2D eigenvalue weighted by molar-refractivity contribution is 5.88. The number of nitrogens with one attached hydrogen (secondary N) is 2. The second-order valence-corrected chi connectivity index (χ2v) is 7.82. The number of imidazole rings is 1. The van der Waals surface area contributed by atoms with E-state index in [0.717, 1.165) is 11.3 Å². The number of amides is 1. The molecule has 11 nitrogen and oxygen atoms in total. The zero-order chi connectivity index (χ0) is 22.1. The molecular formula is C20H27N9O2. The van der Waals surface area contributed by atoms with Gasteiger partial charge < -0.3 is 24.8 Å². The van der Waals surface area contributed by atoms with Crippen LogP contribution in [0.25, 0.3) is 11.2 Å². The number of hydrogen-bond donors (Lipinski definition) is 2. The predicted octanol–water partition coefficient (Wildman–Crippen LogP) is 1.39. The molecule has 2 N–H and O–H groups in total. The van der Waals surface area contributed by atoms with Crippen LogP contribution in [0, 0.1) is 0 Å². The van der Waals surface area contributed by atoms with Gasteiger partial charge in [0.1, 0.15) is 0 Å². The second-order valence-electron chi connectivity index (χ2n) is 7.82. The summed E-state index contributed by atoms with van der Waals surface area (Å²) in [6, 6.07) is -0.0107. The maximum absolute atomic E-state index is 11.8. The van der Waals surface area contributed by atoms with Crippen molar-refractivity contribution in [3.63, 3.8) is 0 Å². The molecule has 11 heteroatoms. The minimum absolute atomic E-state index is 0.184. The first-order valence-electron chi connectivity index (χ1n) is 10.1. The molecule has 1 saturated heterocycles. The average Bonchev–Trinajstić information content (AvgIpc) is 3.45. The molecule has 0 radical (unpaired) electrons. The normalized spacial score (nSPS) is 18.7. The zero-order valence-corrected chi connectivity index (χ0v) is 18.1. The van der Waals surface area contributed by atoms with Crippen LogP contribution >= 0.6 is 0 Å². The van der Waals surface area contributed by atoms with E-state index in [-0.39, 0.29) is 24.1 Å². The molecule has 1 aliphatic rings. The molecule has 31 heavy (non-hydrogen) atoms. The minimum atomic E-state index is -0.234. The third kappa shape index (κ3) is 4.08. The quantitative estimate of drug-likeness (QED) is 0.546. The Kier molecular flexibility index (Phi) is 5.59. The molecule has 164 valence electrons. The van der Waals surface area contributed by atoms with Crippen molar-refractivity contribution in [1.29, 1.82) is 0 Å². The molecular weight excluding hydrogens is 398 g/mol. The van der Waals surface area contributed by atoms with Gasteiger partial charge in [0.2, 0.25) is 11.9 Å². The van der Waals surface area contributed by atoms with Crippen molar-refractivity contribution >= 4 is 34.5 Å². The molecule has 3 aromatic rings. The van der Waals surface area contributed by atoms with Crippen molar-refractivity contribution in [3.8, 4) is 0 Å². The number of nitrogens with zero attached hydrogens (tertiary/aromatic N) is 7. The van der Waals surface area contributed by atoms with Crippen LogP contribution in [0.15, 0.2) is 31.4 Å². The van der Waals surface area contributed by atoms with Gasteiger partial charge in [-0.05, 0) is 19.9 Å². The van der Waals surface area contributed by atoms with E-state index in [9.17, 15) is 4.79 Å². The summed E-state index contributed by atoms with van der Waals surface area (Å²) in [6.45, 7) is 8.75. The van der Waals surface area contributed by atoms with Crippen LogP contribution in [-0.4, -0.2) is 67.6 Å². The monoisotopic (exact) mass is 425 g/mol. The first-order chi connectivity index (χ1) is 14.9. The first kappa shape index (κ1) is 20.8. The lowest BCUT2D eigenvalue weighted by Crippen LogP contribution is -2.42. The maximum atomic E-state index is 11.8.